The molecular weight excluding hydrogens is 322 g/mol. The van der Waals surface area contributed by atoms with Crippen LogP contribution in [0, 0.1) is 13.8 Å². The third-order valence-electron chi connectivity index (χ3n) is 3.63. The first kappa shape index (κ1) is 16.3. The lowest BCUT2D eigenvalue weighted by atomic mass is 9.96. The van der Waals surface area contributed by atoms with Gasteiger partial charge in [0.2, 0.25) is 0 Å². The van der Waals surface area contributed by atoms with E-state index < -0.39 is 0 Å². The number of rotatable bonds is 6. The van der Waals surface area contributed by atoms with Crippen molar-refractivity contribution >= 4 is 15.9 Å². The summed E-state index contributed by atoms with van der Waals surface area (Å²) in [5.41, 5.74) is 5.44. The van der Waals surface area contributed by atoms with Crippen molar-refractivity contribution in [3.05, 3.63) is 69.2 Å². The highest BCUT2D eigenvalue weighted by Crippen LogP contribution is 2.22. The minimum Gasteiger partial charge on any atom is -0.310 e. The van der Waals surface area contributed by atoms with E-state index in [0.29, 0.717) is 6.04 Å². The largest absolute Gasteiger partial charge is 0.310 e. The molecule has 1 atom stereocenters. The average molecular weight is 346 g/mol. The van der Waals surface area contributed by atoms with Crippen LogP contribution in [0.4, 0.5) is 0 Å². The SMILES string of the molecule is CCCNC(Cc1cc(C)cc(C)c1)c1ccc(Br)cc1. The van der Waals surface area contributed by atoms with Gasteiger partial charge in [0.05, 0.1) is 0 Å². The molecule has 1 unspecified atom stereocenters. The number of nitrogens with one attached hydrogen (secondary N) is 1. The van der Waals surface area contributed by atoms with Gasteiger partial charge in [-0.2, -0.15) is 0 Å². The number of aryl methyl sites for hydroxylation is 2. The normalized spacial score (nSPS) is 12.4. The van der Waals surface area contributed by atoms with Crippen LogP contribution in [0.3, 0.4) is 0 Å². The molecule has 0 spiro atoms. The number of halogens is 1. The molecule has 0 aliphatic carbocycles. The highest BCUT2D eigenvalue weighted by Gasteiger charge is 2.12. The molecule has 0 amide bonds. The van der Waals surface area contributed by atoms with Gasteiger partial charge in [-0.05, 0) is 56.5 Å². The van der Waals surface area contributed by atoms with Crippen LogP contribution in [0.2, 0.25) is 0 Å². The Hall–Kier alpha value is -1.12. The van der Waals surface area contributed by atoms with E-state index in [9.17, 15) is 0 Å². The van der Waals surface area contributed by atoms with E-state index in [4.69, 9.17) is 0 Å². The van der Waals surface area contributed by atoms with Crippen LogP contribution in [-0.2, 0) is 6.42 Å². The van der Waals surface area contributed by atoms with Gasteiger partial charge >= 0.3 is 0 Å². The summed E-state index contributed by atoms with van der Waals surface area (Å²) in [6, 6.07) is 15.9. The molecule has 1 N–H and O–H groups in total. The zero-order valence-electron chi connectivity index (χ0n) is 13.1. The molecule has 0 saturated heterocycles. The van der Waals surface area contributed by atoms with Gasteiger partial charge in [-0.15, -0.1) is 0 Å². The van der Waals surface area contributed by atoms with Gasteiger partial charge in [0, 0.05) is 10.5 Å². The maximum absolute atomic E-state index is 3.68. The minimum absolute atomic E-state index is 0.374. The Bertz CT molecular complexity index is 554. The lowest BCUT2D eigenvalue weighted by Crippen LogP contribution is -2.24. The summed E-state index contributed by atoms with van der Waals surface area (Å²) in [5, 5.41) is 3.68. The van der Waals surface area contributed by atoms with E-state index in [1.54, 1.807) is 0 Å². The van der Waals surface area contributed by atoms with Gasteiger partial charge in [0.1, 0.15) is 0 Å². The molecule has 0 saturated carbocycles. The number of hydrogen-bond donors (Lipinski definition) is 1. The van der Waals surface area contributed by atoms with Crippen molar-refractivity contribution in [1.29, 1.82) is 0 Å². The second kappa shape index (κ2) is 7.77. The molecule has 2 heteroatoms. The lowest BCUT2D eigenvalue weighted by molar-refractivity contribution is 0.529. The molecule has 0 fully saturated rings. The molecule has 0 aliphatic rings. The van der Waals surface area contributed by atoms with Gasteiger partial charge in [0.25, 0.3) is 0 Å². The minimum atomic E-state index is 0.374. The Morgan fingerprint density at radius 1 is 1.00 bits per heavy atom. The Morgan fingerprint density at radius 3 is 2.19 bits per heavy atom. The van der Waals surface area contributed by atoms with Crippen molar-refractivity contribution in [2.75, 3.05) is 6.54 Å². The summed E-state index contributed by atoms with van der Waals surface area (Å²) in [6.45, 7) is 7.60. The zero-order valence-corrected chi connectivity index (χ0v) is 14.7. The quantitative estimate of drug-likeness (QED) is 0.743. The predicted molar refractivity (Wildman–Crippen MR) is 94.8 cm³/mol. The van der Waals surface area contributed by atoms with Crippen molar-refractivity contribution in [1.82, 2.24) is 5.32 Å². The van der Waals surface area contributed by atoms with Gasteiger partial charge in [-0.1, -0.05) is 64.3 Å². The van der Waals surface area contributed by atoms with Crippen LogP contribution in [0.25, 0.3) is 0 Å². The molecule has 2 rings (SSSR count). The maximum Gasteiger partial charge on any atom is 0.0360 e. The Balaban J connectivity index is 2.21. The molecule has 0 radical (unpaired) electrons. The van der Waals surface area contributed by atoms with Crippen molar-refractivity contribution < 1.29 is 0 Å². The van der Waals surface area contributed by atoms with E-state index in [-0.39, 0.29) is 0 Å². The summed E-state index contributed by atoms with van der Waals surface area (Å²) < 4.78 is 1.13. The van der Waals surface area contributed by atoms with Crippen LogP contribution in [0.5, 0.6) is 0 Å². The highest BCUT2D eigenvalue weighted by molar-refractivity contribution is 9.10. The van der Waals surface area contributed by atoms with Crippen LogP contribution in [0.15, 0.2) is 46.9 Å². The fourth-order valence-electron chi connectivity index (χ4n) is 2.74. The monoisotopic (exact) mass is 345 g/mol. The van der Waals surface area contributed by atoms with E-state index in [0.717, 1.165) is 23.9 Å². The third-order valence-corrected chi connectivity index (χ3v) is 4.16. The van der Waals surface area contributed by atoms with E-state index in [1.165, 1.54) is 22.3 Å². The number of hydrogen-bond acceptors (Lipinski definition) is 1. The second-order valence-corrected chi connectivity index (χ2v) is 6.67. The second-order valence-electron chi connectivity index (χ2n) is 5.76. The van der Waals surface area contributed by atoms with Crippen molar-refractivity contribution in [2.45, 2.75) is 39.7 Å². The van der Waals surface area contributed by atoms with Crippen LogP contribution < -0.4 is 5.32 Å². The summed E-state index contributed by atoms with van der Waals surface area (Å²) in [7, 11) is 0. The molecule has 112 valence electrons. The van der Waals surface area contributed by atoms with Crippen molar-refractivity contribution in [2.24, 2.45) is 0 Å². The summed E-state index contributed by atoms with van der Waals surface area (Å²) in [4.78, 5) is 0. The molecule has 0 aliphatic heterocycles. The predicted octanol–water partition coefficient (Wildman–Crippen LogP) is 5.35. The van der Waals surface area contributed by atoms with E-state index >= 15 is 0 Å². The molecule has 0 bridgehead atoms. The molecule has 21 heavy (non-hydrogen) atoms. The Labute approximate surface area is 136 Å². The van der Waals surface area contributed by atoms with Gasteiger partial charge < -0.3 is 5.32 Å². The Kier molecular flexibility index (Phi) is 6.01. The summed E-state index contributed by atoms with van der Waals surface area (Å²) in [6.07, 6.45) is 2.18. The molecule has 1 nitrogen and oxygen atoms in total. The molecule has 0 aromatic heterocycles. The molecular formula is C19H24BrN. The first-order chi connectivity index (χ1) is 10.1. The molecule has 0 heterocycles. The van der Waals surface area contributed by atoms with Crippen molar-refractivity contribution in [3.63, 3.8) is 0 Å². The average Bonchev–Trinajstić information content (AvgIpc) is 2.43. The third kappa shape index (κ3) is 4.98. The van der Waals surface area contributed by atoms with E-state index in [1.807, 2.05) is 0 Å². The summed E-state index contributed by atoms with van der Waals surface area (Å²) >= 11 is 3.51. The standard InChI is InChI=1S/C19H24BrN/c1-4-9-21-19(17-5-7-18(20)8-6-17)13-16-11-14(2)10-15(3)12-16/h5-8,10-12,19,21H,4,9,13H2,1-3H3. The maximum atomic E-state index is 3.68. The first-order valence-corrected chi connectivity index (χ1v) is 8.44. The number of benzene rings is 2. The topological polar surface area (TPSA) is 12.0 Å². The zero-order chi connectivity index (χ0) is 15.2. The summed E-state index contributed by atoms with van der Waals surface area (Å²) in [5.74, 6) is 0. The Morgan fingerprint density at radius 2 is 1.62 bits per heavy atom. The highest BCUT2D eigenvalue weighted by atomic mass is 79.9. The lowest BCUT2D eigenvalue weighted by Gasteiger charge is -2.20. The van der Waals surface area contributed by atoms with Gasteiger partial charge in [0.15, 0.2) is 0 Å². The molecule has 2 aromatic rings. The smallest absolute Gasteiger partial charge is 0.0360 e. The van der Waals surface area contributed by atoms with Crippen molar-refractivity contribution in [3.8, 4) is 0 Å². The van der Waals surface area contributed by atoms with Gasteiger partial charge in [-0.3, -0.25) is 0 Å². The fourth-order valence-corrected chi connectivity index (χ4v) is 3.01. The van der Waals surface area contributed by atoms with Crippen LogP contribution >= 0.6 is 15.9 Å². The van der Waals surface area contributed by atoms with Crippen LogP contribution in [0.1, 0.15) is 41.6 Å². The fraction of sp³-hybridized carbons (Fsp3) is 0.368. The van der Waals surface area contributed by atoms with Crippen LogP contribution in [-0.4, -0.2) is 6.54 Å². The first-order valence-electron chi connectivity index (χ1n) is 7.64. The molecule has 2 aromatic carbocycles. The van der Waals surface area contributed by atoms with E-state index in [2.05, 4.69) is 84.5 Å². The van der Waals surface area contributed by atoms with Gasteiger partial charge in [-0.25, -0.2) is 0 Å².